The number of benzene rings is 2. The van der Waals surface area contributed by atoms with Crippen molar-refractivity contribution in [1.82, 2.24) is 19.6 Å². The lowest BCUT2D eigenvalue weighted by Crippen LogP contribution is -2.47. The van der Waals surface area contributed by atoms with Gasteiger partial charge in [-0.25, -0.2) is 22.5 Å². The number of piperazine rings is 1. The van der Waals surface area contributed by atoms with Crippen LogP contribution in [0.1, 0.15) is 88.4 Å². The number of hydrogen-bond donors (Lipinski definition) is 2. The summed E-state index contributed by atoms with van der Waals surface area (Å²) in [7, 11) is -4.71. The number of aromatic amines is 1. The maximum Gasteiger partial charge on any atom is 0.389 e. The fourth-order valence-corrected chi connectivity index (χ4v) is 10.5. The number of sulfonamides is 1. The summed E-state index contributed by atoms with van der Waals surface area (Å²) in [6.45, 7) is 7.54. The van der Waals surface area contributed by atoms with E-state index in [1.165, 1.54) is 23.4 Å². The maximum atomic E-state index is 15.2. The number of alkyl halides is 4. The molecule has 2 aliphatic carbocycles. The minimum atomic E-state index is -4.71. The Morgan fingerprint density at radius 1 is 1.00 bits per heavy atom. The lowest BCUT2D eigenvalue weighted by molar-refractivity contribution is -0.386. The molecule has 2 N–H and O–H groups in total. The lowest BCUT2D eigenvalue weighted by atomic mass is 9.56. The topological polar surface area (TPSA) is 169 Å². The van der Waals surface area contributed by atoms with Crippen molar-refractivity contribution < 1.29 is 49.9 Å². The number of fused-ring (bicyclic) bond motifs is 1. The molecule has 0 atom stereocenters. The highest BCUT2D eigenvalue weighted by Crippen LogP contribution is 2.58. The zero-order valence-electron chi connectivity index (χ0n) is 36.5. The number of hydrogen-bond acceptors (Lipinski definition) is 11. The number of allylic oxidation sites excluding steroid dienone is 1. The Labute approximate surface area is 374 Å². The Balaban J connectivity index is 0.999. The largest absolute Gasteiger partial charge is 0.483 e. The monoisotopic (exact) mass is 926 g/mol. The summed E-state index contributed by atoms with van der Waals surface area (Å²) in [4.78, 5) is 36.4. The molecule has 1 saturated carbocycles. The number of halogens is 4. The van der Waals surface area contributed by atoms with Gasteiger partial charge in [0.05, 0.1) is 21.6 Å². The average Bonchev–Trinajstić information content (AvgIpc) is 3.71. The second kappa shape index (κ2) is 18.2. The molecule has 2 aliphatic heterocycles. The highest BCUT2D eigenvalue weighted by Gasteiger charge is 2.47. The standard InChI is InChI=1S/C46H54F4N6O8S/c1-43(2)12-8-32(37(27-43)44(10-3-11-44)13-14-46(48,49)50)29-54-18-20-55(21-19-54)33-4-6-36(40(25-33)64-34-24-31-9-17-51-41(31)52-28-34)42(57)53-65(60,61)35-5-7-39(38(26-35)56(58)59)63-30-45(47)15-22-62-23-16-45/h4-7,9,17,24-26,28H,3,8,10-16,18-23,27,29-30H2,1-2H3,(H,51,52)(H,53,57). The molecule has 350 valence electrons. The number of nitro groups is 1. The predicted molar refractivity (Wildman–Crippen MR) is 235 cm³/mol. The second-order valence-corrected chi connectivity index (χ2v) is 20.4. The van der Waals surface area contributed by atoms with E-state index in [4.69, 9.17) is 14.2 Å². The summed E-state index contributed by atoms with van der Waals surface area (Å²) in [5, 5.41) is 12.8. The van der Waals surface area contributed by atoms with Crippen LogP contribution in [0.5, 0.6) is 17.2 Å². The molecule has 4 aliphatic rings. The molecule has 4 aromatic rings. The van der Waals surface area contributed by atoms with Crippen LogP contribution in [-0.2, 0) is 14.8 Å². The van der Waals surface area contributed by atoms with Gasteiger partial charge >= 0.3 is 11.9 Å². The molecule has 0 radical (unpaired) electrons. The Kier molecular flexibility index (Phi) is 12.9. The number of carbonyl (C=O) groups excluding carboxylic acids is 1. The molecule has 0 bridgehead atoms. The molecule has 2 saturated heterocycles. The first-order valence-electron chi connectivity index (χ1n) is 22.1. The molecule has 1 amide bonds. The summed E-state index contributed by atoms with van der Waals surface area (Å²) < 4.78 is 102. The second-order valence-electron chi connectivity index (χ2n) is 18.7. The first kappa shape index (κ1) is 46.3. The van der Waals surface area contributed by atoms with Gasteiger partial charge in [0.25, 0.3) is 15.9 Å². The van der Waals surface area contributed by atoms with Gasteiger partial charge in [-0.2, -0.15) is 13.2 Å². The summed E-state index contributed by atoms with van der Waals surface area (Å²) in [6.07, 6.45) is 3.66. The number of H-pyrrole nitrogens is 1. The Bertz CT molecular complexity index is 2560. The van der Waals surface area contributed by atoms with Gasteiger partial charge in [0, 0.05) is 94.6 Å². The van der Waals surface area contributed by atoms with Crippen molar-refractivity contribution >= 4 is 38.3 Å². The number of ether oxygens (including phenoxy) is 3. The van der Waals surface area contributed by atoms with Gasteiger partial charge < -0.3 is 24.1 Å². The minimum absolute atomic E-state index is 0.0292. The van der Waals surface area contributed by atoms with Gasteiger partial charge in [0.2, 0.25) is 0 Å². The van der Waals surface area contributed by atoms with Gasteiger partial charge in [-0.3, -0.25) is 19.8 Å². The summed E-state index contributed by atoms with van der Waals surface area (Å²) in [5.41, 5.74) is 0.873. The molecule has 8 rings (SSSR count). The van der Waals surface area contributed by atoms with Crippen LogP contribution < -0.4 is 19.1 Å². The van der Waals surface area contributed by atoms with E-state index in [-0.39, 0.29) is 66.1 Å². The Morgan fingerprint density at radius 2 is 1.75 bits per heavy atom. The van der Waals surface area contributed by atoms with Crippen LogP contribution in [0.3, 0.4) is 0 Å². The van der Waals surface area contributed by atoms with Crippen molar-refractivity contribution in [3.63, 3.8) is 0 Å². The number of nitrogens with zero attached hydrogens (tertiary/aromatic N) is 4. The quantitative estimate of drug-likeness (QED) is 0.0504. The number of carbonyl (C=O) groups is 1. The number of rotatable bonds is 15. The molecule has 65 heavy (non-hydrogen) atoms. The highest BCUT2D eigenvalue weighted by molar-refractivity contribution is 7.90. The third-order valence-electron chi connectivity index (χ3n) is 13.5. The van der Waals surface area contributed by atoms with E-state index >= 15 is 4.39 Å². The molecule has 0 spiro atoms. The molecular formula is C46H54F4N6O8S. The molecule has 2 aromatic carbocycles. The fourth-order valence-electron chi connectivity index (χ4n) is 9.53. The number of nitro benzene ring substituents is 1. The van der Waals surface area contributed by atoms with Crippen LogP contribution in [0.15, 0.2) is 77.0 Å². The number of anilines is 1. The van der Waals surface area contributed by atoms with E-state index < -0.39 is 56.3 Å². The van der Waals surface area contributed by atoms with Crippen molar-refractivity contribution in [2.75, 3.05) is 57.4 Å². The third kappa shape index (κ3) is 10.7. The van der Waals surface area contributed by atoms with Crippen LogP contribution >= 0.6 is 0 Å². The Morgan fingerprint density at radius 3 is 2.45 bits per heavy atom. The van der Waals surface area contributed by atoms with Crippen molar-refractivity contribution in [2.24, 2.45) is 10.8 Å². The number of aromatic nitrogens is 2. The molecule has 14 nitrogen and oxygen atoms in total. The first-order valence-corrected chi connectivity index (χ1v) is 23.5. The number of nitrogens with one attached hydrogen (secondary N) is 2. The zero-order valence-corrected chi connectivity index (χ0v) is 37.3. The van der Waals surface area contributed by atoms with Gasteiger partial charge in [-0.05, 0) is 85.8 Å². The van der Waals surface area contributed by atoms with E-state index in [2.05, 4.69) is 33.6 Å². The van der Waals surface area contributed by atoms with Crippen LogP contribution in [0.2, 0.25) is 0 Å². The van der Waals surface area contributed by atoms with E-state index in [0.717, 1.165) is 62.1 Å². The van der Waals surface area contributed by atoms with Crippen LogP contribution in [0, 0.1) is 20.9 Å². The smallest absolute Gasteiger partial charge is 0.389 e. The fraction of sp³-hybridized carbons (Fsp3) is 0.522. The van der Waals surface area contributed by atoms with Gasteiger partial charge in [-0.15, -0.1) is 0 Å². The van der Waals surface area contributed by atoms with Crippen molar-refractivity contribution in [2.45, 2.75) is 94.8 Å². The van der Waals surface area contributed by atoms with Crippen molar-refractivity contribution in [3.05, 3.63) is 87.7 Å². The van der Waals surface area contributed by atoms with E-state index in [1.807, 2.05) is 4.72 Å². The molecule has 19 heteroatoms. The molecular weight excluding hydrogens is 873 g/mol. The van der Waals surface area contributed by atoms with Crippen molar-refractivity contribution in [1.29, 1.82) is 0 Å². The van der Waals surface area contributed by atoms with Gasteiger partial charge in [0.15, 0.2) is 5.75 Å². The highest BCUT2D eigenvalue weighted by atomic mass is 32.2. The van der Waals surface area contributed by atoms with Crippen LogP contribution in [0.4, 0.5) is 28.9 Å². The summed E-state index contributed by atoms with van der Waals surface area (Å²) >= 11 is 0. The minimum Gasteiger partial charge on any atom is -0.483 e. The van der Waals surface area contributed by atoms with Crippen LogP contribution in [0.25, 0.3) is 11.0 Å². The molecule has 4 heterocycles. The lowest BCUT2D eigenvalue weighted by Gasteiger charge is -2.50. The molecule has 3 fully saturated rings. The van der Waals surface area contributed by atoms with Gasteiger partial charge in [0.1, 0.15) is 29.4 Å². The number of pyridine rings is 1. The zero-order chi connectivity index (χ0) is 46.2. The van der Waals surface area contributed by atoms with Crippen molar-refractivity contribution in [3.8, 4) is 17.2 Å². The van der Waals surface area contributed by atoms with Gasteiger partial charge in [-0.1, -0.05) is 31.4 Å². The Hall–Kier alpha value is -5.27. The average molecular weight is 927 g/mol. The predicted octanol–water partition coefficient (Wildman–Crippen LogP) is 9.42. The normalized spacial score (nSPS) is 20.0. The maximum absolute atomic E-state index is 15.2. The van der Waals surface area contributed by atoms with E-state index in [1.54, 1.807) is 30.5 Å². The summed E-state index contributed by atoms with van der Waals surface area (Å²) in [5.74, 6) is -1.09. The third-order valence-corrected chi connectivity index (χ3v) is 14.9. The van der Waals surface area contributed by atoms with Crippen LogP contribution in [-0.4, -0.2) is 98.5 Å². The number of amides is 1. The van der Waals surface area contributed by atoms with E-state index in [0.29, 0.717) is 44.1 Å². The molecule has 0 unspecified atom stereocenters. The SMILES string of the molecule is CC1(C)CCC(CN2CCN(c3ccc(C(=O)NS(=O)(=O)c4ccc(OCC5(F)CCOCC5)c([N+](=O)[O-])c4)c(Oc4cnc5[nH]ccc5c4)c3)CC2)=C(C2(CCC(F)(F)F)CCC2)C1. The first-order chi connectivity index (χ1) is 30.8. The summed E-state index contributed by atoms with van der Waals surface area (Å²) in [6, 6.07) is 11.1. The molecule has 2 aromatic heterocycles. The van der Waals surface area contributed by atoms with E-state index in [9.17, 15) is 36.5 Å².